The Hall–Kier alpha value is -3.14. The molecule has 0 aliphatic carbocycles. The third-order valence-electron chi connectivity index (χ3n) is 3.29. The van der Waals surface area contributed by atoms with Gasteiger partial charge >= 0.3 is 12.1 Å². The summed E-state index contributed by atoms with van der Waals surface area (Å²) >= 11 is 0. The molecule has 0 aliphatic heterocycles. The first-order valence-electron chi connectivity index (χ1n) is 7.67. The SMILES string of the molecule is C[C@@H](O)[C@H](NC(=O)OCc1ccccc1)C(=O)N[C@H](CC(=O)O)C(N)=O. The van der Waals surface area contributed by atoms with E-state index in [9.17, 15) is 24.3 Å². The predicted molar refractivity (Wildman–Crippen MR) is 88.6 cm³/mol. The highest BCUT2D eigenvalue weighted by molar-refractivity contribution is 5.92. The second-order valence-corrected chi connectivity index (χ2v) is 5.49. The molecule has 0 saturated carbocycles. The third-order valence-corrected chi connectivity index (χ3v) is 3.29. The minimum absolute atomic E-state index is 0.0518. The fourth-order valence-corrected chi connectivity index (χ4v) is 1.96. The molecule has 0 heterocycles. The van der Waals surface area contributed by atoms with Crippen molar-refractivity contribution >= 4 is 23.9 Å². The van der Waals surface area contributed by atoms with Gasteiger partial charge in [0.25, 0.3) is 0 Å². The van der Waals surface area contributed by atoms with E-state index in [4.69, 9.17) is 15.6 Å². The Balaban J connectivity index is 2.65. The van der Waals surface area contributed by atoms with Crippen molar-refractivity contribution in [2.45, 2.75) is 38.1 Å². The van der Waals surface area contributed by atoms with Crippen molar-refractivity contribution in [3.8, 4) is 0 Å². The van der Waals surface area contributed by atoms with E-state index in [1.165, 1.54) is 6.92 Å². The fraction of sp³-hybridized carbons (Fsp3) is 0.375. The van der Waals surface area contributed by atoms with Crippen LogP contribution in [-0.4, -0.2) is 52.3 Å². The second-order valence-electron chi connectivity index (χ2n) is 5.49. The maximum absolute atomic E-state index is 12.1. The van der Waals surface area contributed by atoms with E-state index in [-0.39, 0.29) is 6.61 Å². The first-order valence-corrected chi connectivity index (χ1v) is 7.67. The molecular formula is C16H21N3O7. The Morgan fingerprint density at radius 1 is 1.15 bits per heavy atom. The zero-order valence-electron chi connectivity index (χ0n) is 14.0. The Morgan fingerprint density at radius 3 is 2.27 bits per heavy atom. The molecule has 142 valence electrons. The Labute approximate surface area is 149 Å². The molecule has 0 fully saturated rings. The van der Waals surface area contributed by atoms with Gasteiger partial charge in [0.2, 0.25) is 11.8 Å². The van der Waals surface area contributed by atoms with Crippen molar-refractivity contribution in [2.75, 3.05) is 0 Å². The van der Waals surface area contributed by atoms with Gasteiger partial charge in [0.05, 0.1) is 12.5 Å². The molecule has 26 heavy (non-hydrogen) atoms. The van der Waals surface area contributed by atoms with E-state index in [1.807, 2.05) is 0 Å². The maximum atomic E-state index is 12.1. The number of amides is 3. The molecule has 1 rings (SSSR count). The van der Waals surface area contributed by atoms with Gasteiger partial charge in [-0.05, 0) is 12.5 Å². The van der Waals surface area contributed by atoms with Crippen molar-refractivity contribution in [2.24, 2.45) is 5.73 Å². The van der Waals surface area contributed by atoms with Gasteiger partial charge in [0, 0.05) is 0 Å². The number of nitrogens with one attached hydrogen (secondary N) is 2. The van der Waals surface area contributed by atoms with Gasteiger partial charge < -0.3 is 31.3 Å². The molecule has 3 atom stereocenters. The third kappa shape index (κ3) is 7.18. The number of aliphatic hydroxyl groups excluding tert-OH is 1. The Kier molecular flexibility index (Phi) is 8.03. The van der Waals surface area contributed by atoms with Crippen LogP contribution in [0.1, 0.15) is 18.9 Å². The molecule has 0 spiro atoms. The van der Waals surface area contributed by atoms with Crippen LogP contribution in [0.25, 0.3) is 0 Å². The largest absolute Gasteiger partial charge is 0.481 e. The smallest absolute Gasteiger partial charge is 0.408 e. The lowest BCUT2D eigenvalue weighted by molar-refractivity contribution is -0.140. The Morgan fingerprint density at radius 2 is 1.77 bits per heavy atom. The van der Waals surface area contributed by atoms with Crippen LogP contribution in [0.2, 0.25) is 0 Å². The number of aliphatic hydroxyl groups is 1. The van der Waals surface area contributed by atoms with Crippen molar-refractivity contribution in [3.63, 3.8) is 0 Å². The lowest BCUT2D eigenvalue weighted by Crippen LogP contribution is -2.57. The van der Waals surface area contributed by atoms with Gasteiger partial charge in [-0.25, -0.2) is 4.79 Å². The number of nitrogens with two attached hydrogens (primary N) is 1. The number of carboxylic acids is 1. The molecule has 0 bridgehead atoms. The average Bonchev–Trinajstić information content (AvgIpc) is 2.57. The normalized spacial score (nSPS) is 13.8. The molecule has 3 amide bonds. The summed E-state index contributed by atoms with van der Waals surface area (Å²) in [6.45, 7) is 1.18. The number of aliphatic carboxylic acids is 1. The molecule has 0 radical (unpaired) electrons. The number of primary amides is 1. The van der Waals surface area contributed by atoms with Crippen LogP contribution in [0.15, 0.2) is 30.3 Å². The lowest BCUT2D eigenvalue weighted by Gasteiger charge is -2.22. The number of hydrogen-bond acceptors (Lipinski definition) is 6. The maximum Gasteiger partial charge on any atom is 0.408 e. The number of carbonyl (C=O) groups is 4. The predicted octanol–water partition coefficient (Wildman–Crippen LogP) is -0.893. The number of carbonyl (C=O) groups excluding carboxylic acids is 3. The van der Waals surface area contributed by atoms with Gasteiger partial charge in [-0.1, -0.05) is 30.3 Å². The standard InChI is InChI=1S/C16H21N3O7/c1-9(20)13(15(24)18-11(14(17)23)7-12(21)22)19-16(25)26-8-10-5-3-2-4-6-10/h2-6,9,11,13,20H,7-8H2,1H3,(H2,17,23)(H,18,24)(H,19,25)(H,21,22)/t9-,11-,13+/m1/s1. The van der Waals surface area contributed by atoms with Crippen LogP contribution in [0.5, 0.6) is 0 Å². The van der Waals surface area contributed by atoms with Crippen LogP contribution in [-0.2, 0) is 25.7 Å². The molecule has 0 aliphatic rings. The van der Waals surface area contributed by atoms with Crippen molar-refractivity contribution in [1.82, 2.24) is 10.6 Å². The summed E-state index contributed by atoms with van der Waals surface area (Å²) in [5.41, 5.74) is 5.75. The summed E-state index contributed by atoms with van der Waals surface area (Å²) in [5, 5.41) is 22.7. The minimum atomic E-state index is -1.48. The van der Waals surface area contributed by atoms with Crippen LogP contribution < -0.4 is 16.4 Å². The van der Waals surface area contributed by atoms with Gasteiger partial charge in [0.1, 0.15) is 18.7 Å². The summed E-state index contributed by atoms with van der Waals surface area (Å²) in [4.78, 5) is 45.9. The molecule has 1 aromatic rings. The Bertz CT molecular complexity index is 649. The molecule has 10 nitrogen and oxygen atoms in total. The summed E-state index contributed by atoms with van der Waals surface area (Å²) in [6.07, 6.45) is -3.03. The molecule has 0 unspecified atom stereocenters. The lowest BCUT2D eigenvalue weighted by atomic mass is 10.1. The van der Waals surface area contributed by atoms with Crippen molar-refractivity contribution in [3.05, 3.63) is 35.9 Å². The summed E-state index contributed by atoms with van der Waals surface area (Å²) in [5.74, 6) is -3.38. The van der Waals surface area contributed by atoms with E-state index < -0.39 is 48.5 Å². The molecule has 0 aromatic heterocycles. The van der Waals surface area contributed by atoms with Crippen molar-refractivity contribution in [1.29, 1.82) is 0 Å². The number of rotatable bonds is 9. The first kappa shape index (κ1) is 20.9. The number of alkyl carbamates (subject to hydrolysis) is 1. The highest BCUT2D eigenvalue weighted by Gasteiger charge is 2.30. The molecule has 1 aromatic carbocycles. The number of benzene rings is 1. The van der Waals surface area contributed by atoms with Gasteiger partial charge in [-0.15, -0.1) is 0 Å². The topological polar surface area (TPSA) is 168 Å². The number of ether oxygens (including phenoxy) is 1. The monoisotopic (exact) mass is 367 g/mol. The quantitative estimate of drug-likeness (QED) is 0.377. The zero-order chi connectivity index (χ0) is 19.7. The summed E-state index contributed by atoms with van der Waals surface area (Å²) < 4.78 is 4.95. The molecule has 10 heteroatoms. The van der Waals surface area contributed by atoms with Crippen LogP contribution in [0.4, 0.5) is 4.79 Å². The van der Waals surface area contributed by atoms with E-state index in [0.717, 1.165) is 5.56 Å². The van der Waals surface area contributed by atoms with E-state index in [0.29, 0.717) is 0 Å². The molecular weight excluding hydrogens is 346 g/mol. The molecule has 0 saturated heterocycles. The summed E-state index contributed by atoms with van der Waals surface area (Å²) in [6, 6.07) is 5.83. The first-order chi connectivity index (χ1) is 12.2. The second kappa shape index (κ2) is 9.99. The van der Waals surface area contributed by atoms with E-state index >= 15 is 0 Å². The summed E-state index contributed by atoms with van der Waals surface area (Å²) in [7, 11) is 0. The van der Waals surface area contributed by atoms with Crippen LogP contribution in [0.3, 0.4) is 0 Å². The van der Waals surface area contributed by atoms with Gasteiger partial charge in [-0.2, -0.15) is 0 Å². The highest BCUT2D eigenvalue weighted by Crippen LogP contribution is 2.02. The minimum Gasteiger partial charge on any atom is -0.481 e. The van der Waals surface area contributed by atoms with E-state index in [1.54, 1.807) is 30.3 Å². The zero-order valence-corrected chi connectivity index (χ0v) is 14.0. The van der Waals surface area contributed by atoms with Crippen LogP contribution >= 0.6 is 0 Å². The highest BCUT2D eigenvalue weighted by atomic mass is 16.5. The number of carboxylic acid groups (broad SMARTS) is 1. The van der Waals surface area contributed by atoms with E-state index in [2.05, 4.69) is 10.6 Å². The van der Waals surface area contributed by atoms with Crippen molar-refractivity contribution < 1.29 is 34.1 Å². The van der Waals surface area contributed by atoms with Crippen LogP contribution in [0, 0.1) is 0 Å². The molecule has 6 N–H and O–H groups in total. The fourth-order valence-electron chi connectivity index (χ4n) is 1.96. The number of hydrogen-bond donors (Lipinski definition) is 5. The van der Waals surface area contributed by atoms with Gasteiger partial charge in [0.15, 0.2) is 0 Å². The van der Waals surface area contributed by atoms with Gasteiger partial charge in [-0.3, -0.25) is 14.4 Å². The average molecular weight is 367 g/mol.